The van der Waals surface area contributed by atoms with Crippen LogP contribution in [-0.4, -0.2) is 19.6 Å². The largest absolute Gasteiger partial charge is 0.273 e. The smallest absolute Gasteiger partial charge is 0.255 e. The highest BCUT2D eigenvalue weighted by Crippen LogP contribution is 2.19. The zero-order valence-electron chi connectivity index (χ0n) is 6.56. The summed E-state index contributed by atoms with van der Waals surface area (Å²) in [5.41, 5.74) is 2.55. The summed E-state index contributed by atoms with van der Waals surface area (Å²) in [6, 6.07) is 0. The highest BCUT2D eigenvalue weighted by molar-refractivity contribution is 5.33. The van der Waals surface area contributed by atoms with E-state index >= 15 is 0 Å². The second kappa shape index (κ2) is 2.03. The van der Waals surface area contributed by atoms with Gasteiger partial charge in [-0.05, 0) is 24.8 Å². The van der Waals surface area contributed by atoms with Gasteiger partial charge in [0, 0.05) is 11.9 Å². The van der Waals surface area contributed by atoms with Gasteiger partial charge in [-0.3, -0.25) is 4.40 Å². The number of hydrogen-bond donors (Lipinski definition) is 0. The van der Waals surface area contributed by atoms with Crippen molar-refractivity contribution in [1.29, 1.82) is 0 Å². The third-order valence-electron chi connectivity index (χ3n) is 2.31. The normalized spacial score (nSPS) is 15.3. The van der Waals surface area contributed by atoms with Crippen LogP contribution in [-0.2, 0) is 12.8 Å². The monoisotopic (exact) mass is 160 g/mol. The van der Waals surface area contributed by atoms with E-state index in [0.29, 0.717) is 0 Å². The van der Waals surface area contributed by atoms with Gasteiger partial charge >= 0.3 is 0 Å². The molecule has 2 heterocycles. The van der Waals surface area contributed by atoms with Crippen LogP contribution in [0.4, 0.5) is 0 Å². The van der Waals surface area contributed by atoms with Crippen molar-refractivity contribution in [2.24, 2.45) is 0 Å². The molecular weight excluding hydrogens is 152 g/mol. The van der Waals surface area contributed by atoms with Crippen LogP contribution in [0.2, 0.25) is 0 Å². The summed E-state index contributed by atoms with van der Waals surface area (Å²) in [5, 5.41) is 7.69. The lowest BCUT2D eigenvalue weighted by molar-refractivity contribution is 0.899. The van der Waals surface area contributed by atoms with Crippen LogP contribution in [0.5, 0.6) is 0 Å². The van der Waals surface area contributed by atoms with Crippen LogP contribution in [0.1, 0.15) is 17.7 Å². The van der Waals surface area contributed by atoms with E-state index in [9.17, 15) is 0 Å². The Labute approximate surface area is 69.3 Å². The van der Waals surface area contributed by atoms with E-state index < -0.39 is 0 Å². The molecule has 4 heteroatoms. The topological polar surface area (TPSA) is 43.1 Å². The lowest BCUT2D eigenvalue weighted by atomic mass is 10.3. The van der Waals surface area contributed by atoms with E-state index in [4.69, 9.17) is 0 Å². The van der Waals surface area contributed by atoms with E-state index in [1.54, 1.807) is 6.33 Å². The molecule has 12 heavy (non-hydrogen) atoms. The molecule has 1 aliphatic carbocycles. The van der Waals surface area contributed by atoms with Crippen molar-refractivity contribution in [3.8, 4) is 0 Å². The van der Waals surface area contributed by atoms with Gasteiger partial charge in [0.05, 0.1) is 0 Å². The minimum Gasteiger partial charge on any atom is -0.273 e. The van der Waals surface area contributed by atoms with Crippen LogP contribution in [0.25, 0.3) is 5.78 Å². The molecule has 0 spiro atoms. The van der Waals surface area contributed by atoms with Crippen LogP contribution in [0, 0.1) is 0 Å². The van der Waals surface area contributed by atoms with E-state index in [1.807, 2.05) is 4.40 Å². The van der Waals surface area contributed by atoms with Crippen molar-refractivity contribution in [2.45, 2.75) is 19.3 Å². The van der Waals surface area contributed by atoms with Crippen LogP contribution < -0.4 is 0 Å². The van der Waals surface area contributed by atoms with Gasteiger partial charge in [0.1, 0.15) is 6.33 Å². The molecule has 0 aromatic carbocycles. The summed E-state index contributed by atoms with van der Waals surface area (Å²) in [4.78, 5) is 4.41. The quantitative estimate of drug-likeness (QED) is 0.567. The summed E-state index contributed by atoms with van der Waals surface area (Å²) in [7, 11) is 0. The van der Waals surface area contributed by atoms with E-state index in [1.165, 1.54) is 17.7 Å². The molecule has 0 amide bonds. The Balaban J connectivity index is 2.38. The highest BCUT2D eigenvalue weighted by atomic mass is 15.3. The van der Waals surface area contributed by atoms with Crippen molar-refractivity contribution in [1.82, 2.24) is 19.6 Å². The number of fused-ring (bicyclic) bond motifs is 2. The first kappa shape index (κ1) is 6.11. The van der Waals surface area contributed by atoms with Crippen molar-refractivity contribution in [2.75, 3.05) is 0 Å². The van der Waals surface area contributed by atoms with Crippen molar-refractivity contribution >= 4 is 5.78 Å². The zero-order valence-corrected chi connectivity index (χ0v) is 6.56. The molecule has 1 aliphatic rings. The minimum atomic E-state index is 0.718. The zero-order chi connectivity index (χ0) is 7.97. The Kier molecular flexibility index (Phi) is 1.03. The molecule has 0 saturated carbocycles. The molecule has 2 aromatic rings. The molecule has 0 atom stereocenters. The summed E-state index contributed by atoms with van der Waals surface area (Å²) in [5.74, 6) is 0.718. The number of aromatic nitrogens is 4. The maximum Gasteiger partial charge on any atom is 0.255 e. The minimum absolute atomic E-state index is 0.718. The molecule has 0 radical (unpaired) electrons. The van der Waals surface area contributed by atoms with Crippen molar-refractivity contribution in [3.05, 3.63) is 23.8 Å². The third kappa shape index (κ3) is 0.691. The molecule has 0 fully saturated rings. The summed E-state index contributed by atoms with van der Waals surface area (Å²) >= 11 is 0. The van der Waals surface area contributed by atoms with Crippen molar-refractivity contribution < 1.29 is 0 Å². The molecule has 0 saturated heterocycles. The number of hydrogen-bond acceptors (Lipinski definition) is 3. The molecular formula is C8H8N4. The van der Waals surface area contributed by atoms with Crippen LogP contribution >= 0.6 is 0 Å². The molecule has 4 nitrogen and oxygen atoms in total. The Morgan fingerprint density at radius 1 is 1.33 bits per heavy atom. The van der Waals surface area contributed by atoms with Gasteiger partial charge in [0.2, 0.25) is 0 Å². The average Bonchev–Trinajstić information content (AvgIpc) is 2.64. The standard InChI is InChI=1S/C8H8N4/c1-2-6-4-12-5-9-11-8(12)10-7(6)3-1/h4-5H,1-3H2. The first-order valence-corrected chi connectivity index (χ1v) is 4.11. The predicted molar refractivity (Wildman–Crippen MR) is 42.8 cm³/mol. The fraction of sp³-hybridized carbons (Fsp3) is 0.375. The lowest BCUT2D eigenvalue weighted by Crippen LogP contribution is -1.94. The van der Waals surface area contributed by atoms with E-state index in [-0.39, 0.29) is 0 Å². The van der Waals surface area contributed by atoms with Gasteiger partial charge in [0.15, 0.2) is 0 Å². The summed E-state index contributed by atoms with van der Waals surface area (Å²) in [6.07, 6.45) is 7.25. The SMILES string of the molecule is c1nnc2nc3c(cn12)CCC3. The molecule has 0 unspecified atom stereocenters. The van der Waals surface area contributed by atoms with Gasteiger partial charge in [-0.15, -0.1) is 10.2 Å². The summed E-state index contributed by atoms with van der Waals surface area (Å²) in [6.45, 7) is 0. The van der Waals surface area contributed by atoms with E-state index in [2.05, 4.69) is 21.4 Å². The number of rotatable bonds is 0. The predicted octanol–water partition coefficient (Wildman–Crippen LogP) is 0.613. The Morgan fingerprint density at radius 3 is 3.33 bits per heavy atom. The molecule has 60 valence electrons. The molecule has 0 bridgehead atoms. The van der Waals surface area contributed by atoms with Crippen LogP contribution in [0.3, 0.4) is 0 Å². The molecule has 0 aliphatic heterocycles. The number of nitrogens with zero attached hydrogens (tertiary/aromatic N) is 4. The lowest BCUT2D eigenvalue weighted by Gasteiger charge is -1.97. The average molecular weight is 160 g/mol. The van der Waals surface area contributed by atoms with Crippen LogP contribution in [0.15, 0.2) is 12.5 Å². The molecule has 3 rings (SSSR count). The van der Waals surface area contributed by atoms with E-state index in [0.717, 1.165) is 18.6 Å². The van der Waals surface area contributed by atoms with Gasteiger partial charge in [-0.25, -0.2) is 4.98 Å². The second-order valence-electron chi connectivity index (χ2n) is 3.10. The maximum absolute atomic E-state index is 4.41. The third-order valence-corrected chi connectivity index (χ3v) is 2.31. The summed E-state index contributed by atoms with van der Waals surface area (Å²) < 4.78 is 1.88. The first-order chi connectivity index (χ1) is 5.93. The first-order valence-electron chi connectivity index (χ1n) is 4.11. The Bertz CT molecular complexity index is 394. The Hall–Kier alpha value is -1.45. The Morgan fingerprint density at radius 2 is 2.33 bits per heavy atom. The van der Waals surface area contributed by atoms with Gasteiger partial charge < -0.3 is 0 Å². The van der Waals surface area contributed by atoms with Gasteiger partial charge in [-0.2, -0.15) is 0 Å². The van der Waals surface area contributed by atoms with Crippen molar-refractivity contribution in [3.63, 3.8) is 0 Å². The highest BCUT2D eigenvalue weighted by Gasteiger charge is 2.13. The fourth-order valence-electron chi connectivity index (χ4n) is 1.71. The fourth-order valence-corrected chi connectivity index (χ4v) is 1.71. The maximum atomic E-state index is 4.41. The number of aryl methyl sites for hydroxylation is 2. The van der Waals surface area contributed by atoms with Gasteiger partial charge in [-0.1, -0.05) is 0 Å². The van der Waals surface area contributed by atoms with Gasteiger partial charge in [0.25, 0.3) is 5.78 Å². The second-order valence-corrected chi connectivity index (χ2v) is 3.10. The molecule has 0 N–H and O–H groups in total. The molecule has 2 aromatic heterocycles.